The van der Waals surface area contributed by atoms with Gasteiger partial charge in [0.2, 0.25) is 5.82 Å². The predicted octanol–water partition coefficient (Wildman–Crippen LogP) is 2.08. The van der Waals surface area contributed by atoms with Crippen LogP contribution in [0.5, 0.6) is 0 Å². The van der Waals surface area contributed by atoms with E-state index in [0.29, 0.717) is 23.1 Å². The Hall–Kier alpha value is -2.76. The van der Waals surface area contributed by atoms with Gasteiger partial charge in [0.1, 0.15) is 5.69 Å². The first-order valence-electron chi connectivity index (χ1n) is 5.70. The van der Waals surface area contributed by atoms with Gasteiger partial charge in [-0.3, -0.25) is 4.98 Å². The molecule has 0 aliphatic heterocycles. The first kappa shape index (κ1) is 11.3. The van der Waals surface area contributed by atoms with Crippen molar-refractivity contribution in [2.24, 2.45) is 0 Å². The van der Waals surface area contributed by atoms with E-state index in [1.807, 2.05) is 25.1 Å². The lowest BCUT2D eigenvalue weighted by molar-refractivity contribution is 0.432. The van der Waals surface area contributed by atoms with Crippen LogP contribution in [0.3, 0.4) is 0 Å². The van der Waals surface area contributed by atoms with Crippen molar-refractivity contribution in [2.45, 2.75) is 6.92 Å². The minimum Gasteiger partial charge on any atom is -0.398 e. The number of hydrogen-bond donors (Lipinski definition) is 1. The van der Waals surface area contributed by atoms with Crippen molar-refractivity contribution in [3.8, 4) is 23.0 Å². The fourth-order valence-corrected chi connectivity index (χ4v) is 1.63. The highest BCUT2D eigenvalue weighted by atomic mass is 16.5. The van der Waals surface area contributed by atoms with Crippen molar-refractivity contribution in [3.05, 3.63) is 42.4 Å². The molecule has 94 valence electrons. The Morgan fingerprint density at radius 3 is 2.84 bits per heavy atom. The van der Waals surface area contributed by atoms with Crippen LogP contribution in [-0.4, -0.2) is 20.1 Å². The summed E-state index contributed by atoms with van der Waals surface area (Å²) in [5.74, 6) is 0.814. The summed E-state index contributed by atoms with van der Waals surface area (Å²) in [6, 6.07) is 5.61. The molecule has 6 heteroatoms. The van der Waals surface area contributed by atoms with Gasteiger partial charge in [-0.1, -0.05) is 11.2 Å². The minimum atomic E-state index is 0.405. The third-order valence-electron chi connectivity index (χ3n) is 2.74. The first-order chi connectivity index (χ1) is 9.24. The Labute approximate surface area is 109 Å². The van der Waals surface area contributed by atoms with E-state index in [-0.39, 0.29) is 0 Å². The van der Waals surface area contributed by atoms with Gasteiger partial charge in [0.15, 0.2) is 0 Å². The molecule has 0 unspecified atom stereocenters. The van der Waals surface area contributed by atoms with Crippen LogP contribution in [0.4, 0.5) is 5.69 Å². The lowest BCUT2D eigenvalue weighted by Gasteiger charge is -2.00. The SMILES string of the molecule is Cc1ccc(-c2nc(-c3cnccn3)no2)cc1N. The van der Waals surface area contributed by atoms with Gasteiger partial charge in [-0.15, -0.1) is 0 Å². The first-order valence-corrected chi connectivity index (χ1v) is 5.70. The molecule has 6 nitrogen and oxygen atoms in total. The molecule has 2 aromatic heterocycles. The van der Waals surface area contributed by atoms with Crippen molar-refractivity contribution in [1.82, 2.24) is 20.1 Å². The summed E-state index contributed by atoms with van der Waals surface area (Å²) in [7, 11) is 0. The second kappa shape index (κ2) is 4.49. The fraction of sp³-hybridized carbons (Fsp3) is 0.0769. The number of nitrogens with two attached hydrogens (primary N) is 1. The molecule has 0 spiro atoms. The Bertz CT molecular complexity index is 708. The molecule has 1 aromatic carbocycles. The van der Waals surface area contributed by atoms with Crippen LogP contribution < -0.4 is 5.73 Å². The van der Waals surface area contributed by atoms with Crippen molar-refractivity contribution >= 4 is 5.69 Å². The Kier molecular flexibility index (Phi) is 2.68. The van der Waals surface area contributed by atoms with E-state index in [2.05, 4.69) is 20.1 Å². The molecule has 0 amide bonds. The number of hydrogen-bond acceptors (Lipinski definition) is 6. The maximum atomic E-state index is 5.86. The standard InChI is InChI=1S/C13H11N5O/c1-8-2-3-9(6-10(8)14)13-17-12(18-19-13)11-7-15-4-5-16-11/h2-7H,14H2,1H3. The molecule has 2 N–H and O–H groups in total. The maximum Gasteiger partial charge on any atom is 0.258 e. The molecule has 0 aliphatic carbocycles. The summed E-state index contributed by atoms with van der Waals surface area (Å²) in [6.07, 6.45) is 4.75. The van der Waals surface area contributed by atoms with Crippen molar-refractivity contribution in [2.75, 3.05) is 5.73 Å². The molecule has 3 aromatic rings. The predicted molar refractivity (Wildman–Crippen MR) is 69.9 cm³/mol. The molecule has 19 heavy (non-hydrogen) atoms. The van der Waals surface area contributed by atoms with Crippen LogP contribution >= 0.6 is 0 Å². The van der Waals surface area contributed by atoms with Crippen molar-refractivity contribution in [1.29, 1.82) is 0 Å². The summed E-state index contributed by atoms with van der Waals surface area (Å²) >= 11 is 0. The number of anilines is 1. The zero-order valence-electron chi connectivity index (χ0n) is 10.2. The van der Waals surface area contributed by atoms with Crippen LogP contribution in [0.1, 0.15) is 5.56 Å². The van der Waals surface area contributed by atoms with E-state index >= 15 is 0 Å². The molecule has 2 heterocycles. The smallest absolute Gasteiger partial charge is 0.258 e. The third-order valence-corrected chi connectivity index (χ3v) is 2.74. The van der Waals surface area contributed by atoms with Gasteiger partial charge < -0.3 is 10.3 Å². The van der Waals surface area contributed by atoms with Gasteiger partial charge in [0.05, 0.1) is 6.20 Å². The van der Waals surface area contributed by atoms with E-state index < -0.39 is 0 Å². The monoisotopic (exact) mass is 253 g/mol. The molecule has 0 radical (unpaired) electrons. The molecule has 0 saturated heterocycles. The number of aryl methyl sites for hydroxylation is 1. The molecule has 0 bridgehead atoms. The highest BCUT2D eigenvalue weighted by Crippen LogP contribution is 2.24. The maximum absolute atomic E-state index is 5.86. The van der Waals surface area contributed by atoms with E-state index in [9.17, 15) is 0 Å². The number of aromatic nitrogens is 4. The average Bonchev–Trinajstić information content (AvgIpc) is 2.93. The van der Waals surface area contributed by atoms with Crippen molar-refractivity contribution in [3.63, 3.8) is 0 Å². The van der Waals surface area contributed by atoms with Gasteiger partial charge in [0, 0.05) is 23.6 Å². The van der Waals surface area contributed by atoms with Crippen LogP contribution in [0.2, 0.25) is 0 Å². The summed E-state index contributed by atoms with van der Waals surface area (Å²) < 4.78 is 5.22. The second-order valence-electron chi connectivity index (χ2n) is 4.09. The van der Waals surface area contributed by atoms with Gasteiger partial charge in [-0.05, 0) is 24.6 Å². The Balaban J connectivity index is 1.99. The average molecular weight is 253 g/mol. The third kappa shape index (κ3) is 2.15. The molecule has 0 saturated carbocycles. The topological polar surface area (TPSA) is 90.7 Å². The molecule has 0 atom stereocenters. The van der Waals surface area contributed by atoms with Crippen LogP contribution in [-0.2, 0) is 0 Å². The lowest BCUT2D eigenvalue weighted by Crippen LogP contribution is -1.90. The van der Waals surface area contributed by atoms with Crippen LogP contribution in [0.15, 0.2) is 41.3 Å². The second-order valence-corrected chi connectivity index (χ2v) is 4.09. The van der Waals surface area contributed by atoms with Gasteiger partial charge in [-0.2, -0.15) is 4.98 Å². The lowest BCUT2D eigenvalue weighted by atomic mass is 10.1. The molecule has 0 fully saturated rings. The Morgan fingerprint density at radius 2 is 2.11 bits per heavy atom. The summed E-state index contributed by atoms with van der Waals surface area (Å²) in [4.78, 5) is 12.4. The van der Waals surface area contributed by atoms with Crippen molar-refractivity contribution < 1.29 is 4.52 Å². The van der Waals surface area contributed by atoms with E-state index in [1.54, 1.807) is 18.6 Å². The number of nitrogens with zero attached hydrogens (tertiary/aromatic N) is 4. The highest BCUT2D eigenvalue weighted by molar-refractivity contribution is 5.63. The fourth-order valence-electron chi connectivity index (χ4n) is 1.63. The summed E-state index contributed by atoms with van der Waals surface area (Å²) in [5.41, 5.74) is 8.92. The van der Waals surface area contributed by atoms with Gasteiger partial charge in [0.25, 0.3) is 5.89 Å². The van der Waals surface area contributed by atoms with E-state index in [4.69, 9.17) is 10.3 Å². The zero-order chi connectivity index (χ0) is 13.2. The Morgan fingerprint density at radius 1 is 1.21 bits per heavy atom. The van der Waals surface area contributed by atoms with E-state index in [1.165, 1.54) is 0 Å². The normalized spacial score (nSPS) is 10.6. The zero-order valence-corrected chi connectivity index (χ0v) is 10.2. The molecular weight excluding hydrogens is 242 g/mol. The van der Waals surface area contributed by atoms with Crippen LogP contribution in [0.25, 0.3) is 23.0 Å². The molecular formula is C13H11N5O. The van der Waals surface area contributed by atoms with Crippen LogP contribution in [0, 0.1) is 6.92 Å². The molecule has 3 rings (SSSR count). The summed E-state index contributed by atoms with van der Waals surface area (Å²) in [5, 5.41) is 3.89. The number of rotatable bonds is 2. The quantitative estimate of drug-likeness (QED) is 0.703. The summed E-state index contributed by atoms with van der Waals surface area (Å²) in [6.45, 7) is 1.94. The van der Waals surface area contributed by atoms with Gasteiger partial charge in [-0.25, -0.2) is 4.98 Å². The minimum absolute atomic E-state index is 0.405. The van der Waals surface area contributed by atoms with E-state index in [0.717, 1.165) is 11.1 Å². The largest absolute Gasteiger partial charge is 0.398 e. The highest BCUT2D eigenvalue weighted by Gasteiger charge is 2.12. The molecule has 0 aliphatic rings. The number of nitrogen functional groups attached to an aromatic ring is 1. The number of benzene rings is 1. The van der Waals surface area contributed by atoms with Gasteiger partial charge >= 0.3 is 0 Å².